The second-order valence-electron chi connectivity index (χ2n) is 6.29. The molecule has 0 spiro atoms. The summed E-state index contributed by atoms with van der Waals surface area (Å²) in [5, 5.41) is 8.25. The zero-order valence-electron chi connectivity index (χ0n) is 13.3. The highest BCUT2D eigenvalue weighted by Gasteiger charge is 2.63. The van der Waals surface area contributed by atoms with E-state index in [-0.39, 0.29) is 23.6 Å². The summed E-state index contributed by atoms with van der Waals surface area (Å²) < 4.78 is 69.0. The van der Waals surface area contributed by atoms with Crippen LogP contribution in [0.15, 0.2) is 12.3 Å². The molecule has 0 radical (unpaired) electrons. The number of nitrogens with zero attached hydrogens (tertiary/aromatic N) is 4. The lowest BCUT2D eigenvalue weighted by Gasteiger charge is -2.24. The Kier molecular flexibility index (Phi) is 3.55. The van der Waals surface area contributed by atoms with Crippen LogP contribution in [0.5, 0.6) is 0 Å². The van der Waals surface area contributed by atoms with Crippen LogP contribution in [0, 0.1) is 5.95 Å². The molecule has 0 saturated carbocycles. The van der Waals surface area contributed by atoms with Gasteiger partial charge in [-0.15, -0.1) is 0 Å². The molecular formula is C14H11F5N6O2. The van der Waals surface area contributed by atoms with Crippen molar-refractivity contribution in [1.29, 1.82) is 0 Å². The highest BCUT2D eigenvalue weighted by Crippen LogP contribution is 2.43. The summed E-state index contributed by atoms with van der Waals surface area (Å²) >= 11 is 0. The molecule has 8 nitrogen and oxygen atoms in total. The molecule has 3 amide bonds. The van der Waals surface area contributed by atoms with Crippen molar-refractivity contribution in [1.82, 2.24) is 25.2 Å². The lowest BCUT2D eigenvalue weighted by Crippen LogP contribution is -2.51. The standard InChI is InChI=1S/C14H11F5N6O2/c15-9-3-20-10-8(24-4-13(16,17)14(18,19)5-24)1-7(23-25(9)10)6-2-21-12(27)22-11(6)26/h1,3,6H,2,4-5H2,(H2,21,22,26,27). The smallest absolute Gasteiger partial charge is 0.329 e. The van der Waals surface area contributed by atoms with Gasteiger partial charge in [-0.3, -0.25) is 10.1 Å². The van der Waals surface area contributed by atoms with E-state index in [1.807, 2.05) is 5.32 Å². The molecule has 2 aliphatic rings. The van der Waals surface area contributed by atoms with Crippen molar-refractivity contribution in [3.63, 3.8) is 0 Å². The Morgan fingerprint density at radius 3 is 2.44 bits per heavy atom. The molecule has 2 aromatic heterocycles. The van der Waals surface area contributed by atoms with Gasteiger partial charge in [0.05, 0.1) is 36.6 Å². The zero-order chi connectivity index (χ0) is 19.6. The van der Waals surface area contributed by atoms with Gasteiger partial charge in [-0.05, 0) is 6.07 Å². The minimum absolute atomic E-state index is 0.0922. The van der Waals surface area contributed by atoms with Gasteiger partial charge in [0.2, 0.25) is 11.9 Å². The molecule has 2 fully saturated rings. The molecule has 0 bridgehead atoms. The number of urea groups is 1. The predicted molar refractivity (Wildman–Crippen MR) is 79.3 cm³/mol. The number of imidazole rings is 1. The third-order valence-corrected chi connectivity index (χ3v) is 4.46. The Morgan fingerprint density at radius 1 is 1.15 bits per heavy atom. The number of amides is 3. The molecule has 13 heteroatoms. The van der Waals surface area contributed by atoms with Crippen molar-refractivity contribution in [2.75, 3.05) is 24.5 Å². The Morgan fingerprint density at radius 2 is 1.81 bits per heavy atom. The molecule has 144 valence electrons. The average Bonchev–Trinajstić information content (AvgIpc) is 3.04. The fraction of sp³-hybridized carbons (Fsp3) is 0.429. The first kappa shape index (κ1) is 17.4. The van der Waals surface area contributed by atoms with E-state index >= 15 is 0 Å². The number of alkyl halides is 4. The van der Waals surface area contributed by atoms with Crippen LogP contribution >= 0.6 is 0 Å². The first-order valence-electron chi connectivity index (χ1n) is 7.72. The Hall–Kier alpha value is -2.99. The van der Waals surface area contributed by atoms with E-state index in [9.17, 15) is 31.5 Å². The summed E-state index contributed by atoms with van der Waals surface area (Å²) in [6.45, 7) is -2.78. The molecule has 4 rings (SSSR count). The van der Waals surface area contributed by atoms with Crippen LogP contribution in [0.3, 0.4) is 0 Å². The highest BCUT2D eigenvalue weighted by molar-refractivity contribution is 6.00. The summed E-state index contributed by atoms with van der Waals surface area (Å²) in [4.78, 5) is 27.6. The number of nitrogens with one attached hydrogen (secondary N) is 2. The van der Waals surface area contributed by atoms with Gasteiger partial charge in [-0.1, -0.05) is 0 Å². The first-order valence-corrected chi connectivity index (χ1v) is 7.72. The minimum Gasteiger partial charge on any atom is -0.356 e. The highest BCUT2D eigenvalue weighted by atomic mass is 19.3. The lowest BCUT2D eigenvalue weighted by molar-refractivity contribution is -0.172. The van der Waals surface area contributed by atoms with Crippen LogP contribution < -0.4 is 15.5 Å². The Bertz CT molecular complexity index is 945. The third-order valence-electron chi connectivity index (χ3n) is 4.46. The van der Waals surface area contributed by atoms with Crippen molar-refractivity contribution in [3.8, 4) is 0 Å². The molecular weight excluding hydrogens is 379 g/mol. The van der Waals surface area contributed by atoms with E-state index < -0.39 is 48.7 Å². The molecule has 4 heterocycles. The van der Waals surface area contributed by atoms with Gasteiger partial charge in [0.25, 0.3) is 0 Å². The topological polar surface area (TPSA) is 91.6 Å². The number of rotatable bonds is 2. The van der Waals surface area contributed by atoms with Gasteiger partial charge in [0, 0.05) is 6.54 Å². The summed E-state index contributed by atoms with van der Waals surface area (Å²) in [7, 11) is 0. The Balaban J connectivity index is 1.81. The van der Waals surface area contributed by atoms with Crippen molar-refractivity contribution >= 4 is 23.3 Å². The summed E-state index contributed by atoms with van der Waals surface area (Å²) in [5.74, 6) is -11.3. The summed E-state index contributed by atoms with van der Waals surface area (Å²) in [5.41, 5.74) is -0.555. The van der Waals surface area contributed by atoms with E-state index in [1.165, 1.54) is 0 Å². The number of imide groups is 1. The van der Waals surface area contributed by atoms with E-state index in [4.69, 9.17) is 0 Å². The number of carbonyl (C=O) groups excluding carboxylic acids is 2. The molecule has 2 aliphatic heterocycles. The number of halogens is 5. The first-order chi connectivity index (χ1) is 12.6. The fourth-order valence-corrected chi connectivity index (χ4v) is 3.05. The van der Waals surface area contributed by atoms with E-state index in [1.54, 1.807) is 0 Å². The fourth-order valence-electron chi connectivity index (χ4n) is 3.05. The SMILES string of the molecule is O=C1NCC(c2cc(N3CC(F)(F)C(F)(F)C3)c3ncc(F)n3n2)C(=O)N1. The normalized spacial score (nSPS) is 24.2. The van der Waals surface area contributed by atoms with Crippen LogP contribution in [0.2, 0.25) is 0 Å². The van der Waals surface area contributed by atoms with Crippen LogP contribution in [0.4, 0.5) is 32.4 Å². The maximum atomic E-state index is 14.0. The molecule has 2 saturated heterocycles. The van der Waals surface area contributed by atoms with Crippen molar-refractivity contribution in [2.24, 2.45) is 0 Å². The molecule has 1 unspecified atom stereocenters. The maximum Gasteiger partial charge on any atom is 0.329 e. The van der Waals surface area contributed by atoms with Crippen LogP contribution in [0.1, 0.15) is 11.6 Å². The van der Waals surface area contributed by atoms with E-state index in [0.29, 0.717) is 9.42 Å². The summed E-state index contributed by atoms with van der Waals surface area (Å²) in [6, 6.07) is 0.395. The third kappa shape index (κ3) is 2.64. The second-order valence-corrected chi connectivity index (χ2v) is 6.29. The number of hydrogen-bond acceptors (Lipinski definition) is 5. The Labute approximate surface area is 147 Å². The molecule has 1 atom stereocenters. The molecule has 2 N–H and O–H groups in total. The van der Waals surface area contributed by atoms with E-state index in [2.05, 4.69) is 15.4 Å². The number of hydrogen-bond donors (Lipinski definition) is 2. The largest absolute Gasteiger partial charge is 0.356 e. The number of fused-ring (bicyclic) bond motifs is 1. The van der Waals surface area contributed by atoms with Gasteiger partial charge in [-0.2, -0.15) is 31.6 Å². The van der Waals surface area contributed by atoms with Gasteiger partial charge < -0.3 is 10.2 Å². The monoisotopic (exact) mass is 390 g/mol. The van der Waals surface area contributed by atoms with Crippen LogP contribution in [0.25, 0.3) is 5.65 Å². The average molecular weight is 390 g/mol. The van der Waals surface area contributed by atoms with Crippen molar-refractivity contribution in [2.45, 2.75) is 17.8 Å². The van der Waals surface area contributed by atoms with Gasteiger partial charge in [-0.25, -0.2) is 9.78 Å². The number of carbonyl (C=O) groups is 2. The molecule has 2 aromatic rings. The van der Waals surface area contributed by atoms with Gasteiger partial charge in [0.15, 0.2) is 5.65 Å². The quantitative estimate of drug-likeness (QED) is 0.743. The number of anilines is 1. The lowest BCUT2D eigenvalue weighted by atomic mass is 10.0. The molecule has 0 aliphatic carbocycles. The van der Waals surface area contributed by atoms with Crippen LogP contribution in [-0.4, -0.2) is 58.0 Å². The van der Waals surface area contributed by atoms with Gasteiger partial charge in [0.1, 0.15) is 0 Å². The maximum absolute atomic E-state index is 14.0. The summed E-state index contributed by atoms with van der Waals surface area (Å²) in [6.07, 6.45) is 0.755. The van der Waals surface area contributed by atoms with Crippen molar-refractivity contribution < 1.29 is 31.5 Å². The van der Waals surface area contributed by atoms with E-state index in [0.717, 1.165) is 12.3 Å². The predicted octanol–water partition coefficient (Wildman–Crippen LogP) is 0.882. The molecule has 0 aromatic carbocycles. The second kappa shape index (κ2) is 5.50. The van der Waals surface area contributed by atoms with Crippen molar-refractivity contribution in [3.05, 3.63) is 23.9 Å². The zero-order valence-corrected chi connectivity index (χ0v) is 13.3. The minimum atomic E-state index is -4.28. The van der Waals surface area contributed by atoms with Crippen LogP contribution in [-0.2, 0) is 4.79 Å². The molecule has 27 heavy (non-hydrogen) atoms. The number of aromatic nitrogens is 3. The van der Waals surface area contributed by atoms with Gasteiger partial charge >= 0.3 is 17.9 Å².